The molecule has 1 aliphatic carbocycles. The SMILES string of the molecule is COC(C)(C)CCC1CCCCCC1CNCC(C)C. The molecule has 0 aromatic carbocycles. The predicted octanol–water partition coefficient (Wildman–Crippen LogP) is 4.63. The van der Waals surface area contributed by atoms with Gasteiger partial charge in [0.05, 0.1) is 5.60 Å². The molecule has 0 bridgehead atoms. The molecule has 2 heteroatoms. The maximum absolute atomic E-state index is 5.59. The van der Waals surface area contributed by atoms with Crippen LogP contribution in [0.3, 0.4) is 0 Å². The van der Waals surface area contributed by atoms with E-state index >= 15 is 0 Å². The van der Waals surface area contributed by atoms with Gasteiger partial charge in [-0.1, -0.05) is 39.5 Å². The summed E-state index contributed by atoms with van der Waals surface area (Å²) in [6.07, 6.45) is 9.66. The van der Waals surface area contributed by atoms with Crippen LogP contribution in [-0.2, 0) is 4.74 Å². The normalized spacial score (nSPS) is 24.9. The van der Waals surface area contributed by atoms with Crippen LogP contribution in [0.4, 0.5) is 0 Å². The smallest absolute Gasteiger partial charge is 0.0622 e. The first-order valence-corrected chi connectivity index (χ1v) is 8.70. The molecule has 1 rings (SSSR count). The second kappa shape index (κ2) is 9.04. The van der Waals surface area contributed by atoms with Crippen molar-refractivity contribution in [3.8, 4) is 0 Å². The Morgan fingerprint density at radius 1 is 1.10 bits per heavy atom. The van der Waals surface area contributed by atoms with Gasteiger partial charge in [-0.3, -0.25) is 0 Å². The molecular formula is C18H37NO. The third-order valence-electron chi connectivity index (χ3n) is 4.95. The highest BCUT2D eigenvalue weighted by Crippen LogP contribution is 2.33. The summed E-state index contributed by atoms with van der Waals surface area (Å²) in [7, 11) is 1.84. The van der Waals surface area contributed by atoms with Gasteiger partial charge < -0.3 is 10.1 Å². The van der Waals surface area contributed by atoms with E-state index in [9.17, 15) is 0 Å². The van der Waals surface area contributed by atoms with Crippen LogP contribution < -0.4 is 5.32 Å². The maximum atomic E-state index is 5.59. The van der Waals surface area contributed by atoms with Gasteiger partial charge in [0, 0.05) is 7.11 Å². The zero-order valence-corrected chi connectivity index (χ0v) is 14.5. The van der Waals surface area contributed by atoms with Crippen molar-refractivity contribution in [2.75, 3.05) is 20.2 Å². The fourth-order valence-electron chi connectivity index (χ4n) is 3.30. The van der Waals surface area contributed by atoms with E-state index in [0.29, 0.717) is 0 Å². The highest BCUT2D eigenvalue weighted by molar-refractivity contribution is 4.79. The molecule has 1 fully saturated rings. The second-order valence-electron chi connectivity index (χ2n) is 7.71. The molecule has 0 heterocycles. The first-order valence-electron chi connectivity index (χ1n) is 8.70. The van der Waals surface area contributed by atoms with Crippen molar-refractivity contribution in [1.29, 1.82) is 0 Å². The van der Waals surface area contributed by atoms with Crippen LogP contribution in [0.15, 0.2) is 0 Å². The van der Waals surface area contributed by atoms with Crippen LogP contribution in [-0.4, -0.2) is 25.8 Å². The second-order valence-corrected chi connectivity index (χ2v) is 7.71. The fraction of sp³-hybridized carbons (Fsp3) is 1.00. The van der Waals surface area contributed by atoms with Crippen molar-refractivity contribution in [3.05, 3.63) is 0 Å². The fourth-order valence-corrected chi connectivity index (χ4v) is 3.30. The lowest BCUT2D eigenvalue weighted by atomic mass is 9.82. The summed E-state index contributed by atoms with van der Waals surface area (Å²) in [5.41, 5.74) is 0.0439. The first kappa shape index (κ1) is 18.0. The minimum Gasteiger partial charge on any atom is -0.379 e. The van der Waals surface area contributed by atoms with Crippen molar-refractivity contribution in [2.24, 2.45) is 17.8 Å². The van der Waals surface area contributed by atoms with Crippen LogP contribution >= 0.6 is 0 Å². The quantitative estimate of drug-likeness (QED) is 0.656. The lowest BCUT2D eigenvalue weighted by Gasteiger charge is -2.30. The van der Waals surface area contributed by atoms with E-state index in [4.69, 9.17) is 4.74 Å². The van der Waals surface area contributed by atoms with E-state index < -0.39 is 0 Å². The monoisotopic (exact) mass is 283 g/mol. The molecular weight excluding hydrogens is 246 g/mol. The van der Waals surface area contributed by atoms with Gasteiger partial charge in [0.25, 0.3) is 0 Å². The molecule has 0 amide bonds. The third-order valence-corrected chi connectivity index (χ3v) is 4.95. The zero-order valence-electron chi connectivity index (χ0n) is 14.5. The number of methoxy groups -OCH3 is 1. The van der Waals surface area contributed by atoms with E-state index in [2.05, 4.69) is 33.0 Å². The summed E-state index contributed by atoms with van der Waals surface area (Å²) >= 11 is 0. The highest BCUT2D eigenvalue weighted by atomic mass is 16.5. The zero-order chi connectivity index (χ0) is 15.0. The highest BCUT2D eigenvalue weighted by Gasteiger charge is 2.26. The largest absolute Gasteiger partial charge is 0.379 e. The van der Waals surface area contributed by atoms with Crippen LogP contribution in [0, 0.1) is 17.8 Å². The number of ether oxygens (including phenoxy) is 1. The Kier molecular flexibility index (Phi) is 8.13. The van der Waals surface area contributed by atoms with Gasteiger partial charge in [-0.2, -0.15) is 0 Å². The molecule has 0 spiro atoms. The van der Waals surface area contributed by atoms with Gasteiger partial charge in [0.2, 0.25) is 0 Å². The first-order chi connectivity index (χ1) is 9.44. The Morgan fingerprint density at radius 3 is 2.35 bits per heavy atom. The molecule has 2 atom stereocenters. The van der Waals surface area contributed by atoms with Gasteiger partial charge >= 0.3 is 0 Å². The van der Waals surface area contributed by atoms with Crippen molar-refractivity contribution in [3.63, 3.8) is 0 Å². The van der Waals surface area contributed by atoms with E-state index in [1.807, 2.05) is 7.11 Å². The van der Waals surface area contributed by atoms with Crippen molar-refractivity contribution in [1.82, 2.24) is 5.32 Å². The van der Waals surface area contributed by atoms with Crippen molar-refractivity contribution >= 4 is 0 Å². The summed E-state index contributed by atoms with van der Waals surface area (Å²) in [5, 5.41) is 3.69. The van der Waals surface area contributed by atoms with Crippen LogP contribution in [0.5, 0.6) is 0 Å². The van der Waals surface area contributed by atoms with E-state index in [-0.39, 0.29) is 5.60 Å². The molecule has 120 valence electrons. The lowest BCUT2D eigenvalue weighted by molar-refractivity contribution is 0.00779. The number of rotatable bonds is 8. The molecule has 2 unspecified atom stereocenters. The Bertz CT molecular complexity index is 250. The molecule has 0 saturated heterocycles. The maximum Gasteiger partial charge on any atom is 0.0622 e. The molecule has 1 N–H and O–H groups in total. The van der Waals surface area contributed by atoms with Crippen LogP contribution in [0.1, 0.15) is 72.6 Å². The number of hydrogen-bond acceptors (Lipinski definition) is 2. The van der Waals surface area contributed by atoms with E-state index in [0.717, 1.165) is 24.3 Å². The molecule has 20 heavy (non-hydrogen) atoms. The molecule has 1 saturated carbocycles. The number of nitrogens with one attached hydrogen (secondary N) is 1. The topological polar surface area (TPSA) is 21.3 Å². The molecule has 1 aliphatic rings. The third kappa shape index (κ3) is 7.08. The summed E-state index contributed by atoms with van der Waals surface area (Å²) in [4.78, 5) is 0. The Balaban J connectivity index is 2.44. The van der Waals surface area contributed by atoms with Crippen molar-refractivity contribution in [2.45, 2.75) is 78.2 Å². The number of hydrogen-bond donors (Lipinski definition) is 1. The molecule has 2 nitrogen and oxygen atoms in total. The summed E-state index contributed by atoms with van der Waals surface area (Å²) < 4.78 is 5.59. The Hall–Kier alpha value is -0.0800. The molecule has 0 aromatic rings. The minimum atomic E-state index is 0.0439. The average molecular weight is 283 g/mol. The van der Waals surface area contributed by atoms with E-state index in [1.165, 1.54) is 51.5 Å². The lowest BCUT2D eigenvalue weighted by Crippen LogP contribution is -2.31. The van der Waals surface area contributed by atoms with Gasteiger partial charge in [-0.15, -0.1) is 0 Å². The van der Waals surface area contributed by atoms with Gasteiger partial charge in [-0.25, -0.2) is 0 Å². The molecule has 0 aromatic heterocycles. The average Bonchev–Trinajstić information content (AvgIpc) is 2.61. The molecule has 0 aliphatic heterocycles. The van der Waals surface area contributed by atoms with Gasteiger partial charge in [0.15, 0.2) is 0 Å². The Morgan fingerprint density at radius 2 is 1.75 bits per heavy atom. The standard InChI is InChI=1S/C18H37NO/c1-15(2)13-19-14-17-10-8-6-7-9-16(17)11-12-18(3,4)20-5/h15-17,19H,6-14H2,1-5H3. The van der Waals surface area contributed by atoms with E-state index in [1.54, 1.807) is 0 Å². The summed E-state index contributed by atoms with van der Waals surface area (Å²) in [6.45, 7) is 11.4. The van der Waals surface area contributed by atoms with Gasteiger partial charge in [-0.05, 0) is 64.0 Å². The van der Waals surface area contributed by atoms with Gasteiger partial charge in [0.1, 0.15) is 0 Å². The van der Waals surface area contributed by atoms with Crippen molar-refractivity contribution < 1.29 is 4.74 Å². The van der Waals surface area contributed by atoms with Crippen LogP contribution in [0.25, 0.3) is 0 Å². The predicted molar refractivity (Wildman–Crippen MR) is 88.1 cm³/mol. The summed E-state index contributed by atoms with van der Waals surface area (Å²) in [5.74, 6) is 2.53. The summed E-state index contributed by atoms with van der Waals surface area (Å²) in [6, 6.07) is 0. The molecule has 0 radical (unpaired) electrons. The van der Waals surface area contributed by atoms with Crippen LogP contribution in [0.2, 0.25) is 0 Å². The Labute approximate surface area is 127 Å². The minimum absolute atomic E-state index is 0.0439.